The van der Waals surface area contributed by atoms with Crippen LogP contribution in [0.5, 0.6) is 0 Å². The zero-order valence-corrected chi connectivity index (χ0v) is 14.9. The maximum Gasteiger partial charge on any atom is 0.324 e. The molecule has 2 amide bonds. The van der Waals surface area contributed by atoms with Crippen molar-refractivity contribution in [1.29, 1.82) is 0 Å². The minimum Gasteiger partial charge on any atom is -0.328 e. The van der Waals surface area contributed by atoms with Crippen LogP contribution < -0.4 is 0 Å². The number of carbonyl (C=O) groups excluding carboxylic acids is 1. The fourth-order valence-corrected chi connectivity index (χ4v) is 4.07. The minimum absolute atomic E-state index is 0.0320. The Balaban J connectivity index is 2.70. The zero-order valence-electron chi connectivity index (χ0n) is 14.9. The molecule has 0 aromatic rings. The summed E-state index contributed by atoms with van der Waals surface area (Å²) < 4.78 is 0. The molecule has 2 heterocycles. The van der Waals surface area contributed by atoms with E-state index in [0.717, 1.165) is 5.82 Å². The Bertz CT molecular complexity index is 502. The van der Waals surface area contributed by atoms with Gasteiger partial charge in [-0.15, -0.1) is 26.3 Å². The highest BCUT2D eigenvalue weighted by molar-refractivity contribution is 5.81. The summed E-state index contributed by atoms with van der Waals surface area (Å²) in [5, 5.41) is 0. The quantitative estimate of drug-likeness (QED) is 0.642. The molecule has 130 valence electrons. The van der Waals surface area contributed by atoms with Gasteiger partial charge in [0.25, 0.3) is 0 Å². The maximum atomic E-state index is 13.1. The Labute approximate surface area is 145 Å². The van der Waals surface area contributed by atoms with Crippen LogP contribution in [-0.2, 0) is 0 Å². The predicted molar refractivity (Wildman–Crippen MR) is 99.0 cm³/mol. The van der Waals surface area contributed by atoms with Gasteiger partial charge in [0.1, 0.15) is 5.82 Å². The van der Waals surface area contributed by atoms with Crippen molar-refractivity contribution in [2.24, 2.45) is 0 Å². The molecular weight excluding hydrogens is 300 g/mol. The summed E-state index contributed by atoms with van der Waals surface area (Å²) in [5.74, 6) is 0.857. The fourth-order valence-electron chi connectivity index (χ4n) is 4.07. The molecule has 0 bridgehead atoms. The second-order valence-corrected chi connectivity index (χ2v) is 6.34. The van der Waals surface area contributed by atoms with Gasteiger partial charge in [0.05, 0.1) is 0 Å². The number of carbonyl (C=O) groups is 1. The van der Waals surface area contributed by atoms with Crippen LogP contribution in [-0.4, -0.2) is 63.1 Å². The molecule has 0 radical (unpaired) electrons. The third kappa shape index (κ3) is 1.97. The molecule has 2 rings (SSSR count). The van der Waals surface area contributed by atoms with Gasteiger partial charge in [-0.3, -0.25) is 9.80 Å². The number of rotatable bonds is 8. The molecule has 2 unspecified atom stereocenters. The number of hydrogen-bond acceptors (Lipinski definition) is 3. The van der Waals surface area contributed by atoms with Gasteiger partial charge in [-0.2, -0.15) is 0 Å². The van der Waals surface area contributed by atoms with Crippen molar-refractivity contribution in [1.82, 2.24) is 19.6 Å². The molecule has 2 fully saturated rings. The van der Waals surface area contributed by atoms with E-state index in [4.69, 9.17) is 0 Å². The van der Waals surface area contributed by atoms with Crippen molar-refractivity contribution < 1.29 is 4.79 Å². The molecule has 0 aromatic carbocycles. The molecule has 5 heteroatoms. The first-order chi connectivity index (χ1) is 11.4. The van der Waals surface area contributed by atoms with E-state index in [1.54, 1.807) is 12.2 Å². The Morgan fingerprint density at radius 2 is 1.04 bits per heavy atom. The predicted octanol–water partition coefficient (Wildman–Crippen LogP) is 2.99. The van der Waals surface area contributed by atoms with Gasteiger partial charge < -0.3 is 9.80 Å². The topological polar surface area (TPSA) is 30.0 Å². The number of hydrogen-bond donors (Lipinski definition) is 0. The van der Waals surface area contributed by atoms with Gasteiger partial charge in [0, 0.05) is 26.2 Å². The molecule has 0 saturated carbocycles. The second kappa shape index (κ2) is 6.23. The first-order valence-electron chi connectivity index (χ1n) is 8.13. The third-order valence-electron chi connectivity index (χ3n) is 5.33. The van der Waals surface area contributed by atoms with Crippen molar-refractivity contribution in [2.75, 3.05) is 26.2 Å². The molecule has 0 N–H and O–H groups in total. The molecule has 0 aromatic heterocycles. The number of amides is 2. The van der Waals surface area contributed by atoms with E-state index in [1.165, 1.54) is 0 Å². The van der Waals surface area contributed by atoms with Gasteiger partial charge in [0.15, 0.2) is 11.3 Å². The van der Waals surface area contributed by atoms with Crippen molar-refractivity contribution in [3.05, 3.63) is 63.0 Å². The summed E-state index contributed by atoms with van der Waals surface area (Å²) >= 11 is 0. The van der Waals surface area contributed by atoms with E-state index in [-0.39, 0.29) is 6.03 Å². The van der Waals surface area contributed by atoms with E-state index in [0.29, 0.717) is 26.2 Å². The lowest BCUT2D eigenvalue weighted by Crippen LogP contribution is -2.65. The zero-order chi connectivity index (χ0) is 18.1. The Morgan fingerprint density at radius 3 is 1.33 bits per heavy atom. The van der Waals surface area contributed by atoms with Crippen LogP contribution in [0, 0.1) is 0 Å². The van der Waals surface area contributed by atoms with E-state index in [9.17, 15) is 4.79 Å². The Morgan fingerprint density at radius 1 is 0.750 bits per heavy atom. The average Bonchev–Trinajstić information content (AvgIpc) is 2.81. The lowest BCUT2D eigenvalue weighted by molar-refractivity contribution is -0.0272. The monoisotopic (exact) mass is 328 g/mol. The van der Waals surface area contributed by atoms with Gasteiger partial charge in [-0.05, 0) is 13.8 Å². The molecule has 2 aliphatic rings. The van der Waals surface area contributed by atoms with E-state index >= 15 is 0 Å². The standard InChI is InChI=1S/C19H28N4O/c1-8-12-20-16(5)21(13-9-2)19(7)18(20,6)22(14-10-3)17(24)23(19)15-11-4/h8-11H,1-5,12-15H2,6-7H3. The fraction of sp³-hybridized carbons (Fsp3) is 0.421. The van der Waals surface area contributed by atoms with Crippen LogP contribution >= 0.6 is 0 Å². The Kier molecular flexibility index (Phi) is 4.65. The first-order valence-corrected chi connectivity index (χ1v) is 8.13. The molecule has 2 aliphatic heterocycles. The third-order valence-corrected chi connectivity index (χ3v) is 5.33. The summed E-state index contributed by atoms with van der Waals surface area (Å²) in [6, 6.07) is -0.0320. The van der Waals surface area contributed by atoms with Gasteiger partial charge in [0.2, 0.25) is 0 Å². The van der Waals surface area contributed by atoms with Crippen LogP contribution in [0.4, 0.5) is 4.79 Å². The van der Waals surface area contributed by atoms with Crippen molar-refractivity contribution in [2.45, 2.75) is 25.2 Å². The van der Waals surface area contributed by atoms with Crippen LogP contribution in [0.15, 0.2) is 63.0 Å². The smallest absolute Gasteiger partial charge is 0.324 e. The summed E-state index contributed by atoms with van der Waals surface area (Å²) in [7, 11) is 0. The summed E-state index contributed by atoms with van der Waals surface area (Å²) in [4.78, 5) is 21.1. The highest BCUT2D eigenvalue weighted by atomic mass is 16.2. The van der Waals surface area contributed by atoms with E-state index < -0.39 is 11.3 Å². The largest absolute Gasteiger partial charge is 0.328 e. The van der Waals surface area contributed by atoms with Crippen LogP contribution in [0.3, 0.4) is 0 Å². The SMILES string of the molecule is C=CCN1C(=C)N(CC=C)C2(C)N(CC=C)C(=O)N(CC=C)C12C. The lowest BCUT2D eigenvalue weighted by atomic mass is 9.94. The van der Waals surface area contributed by atoms with Crippen LogP contribution in [0.25, 0.3) is 0 Å². The van der Waals surface area contributed by atoms with Crippen molar-refractivity contribution in [3.63, 3.8) is 0 Å². The molecule has 24 heavy (non-hydrogen) atoms. The first kappa shape index (κ1) is 17.9. The number of urea groups is 1. The van der Waals surface area contributed by atoms with E-state index in [2.05, 4.69) is 56.5 Å². The lowest BCUT2D eigenvalue weighted by Gasteiger charge is -2.46. The van der Waals surface area contributed by atoms with Crippen molar-refractivity contribution in [3.8, 4) is 0 Å². The van der Waals surface area contributed by atoms with Crippen LogP contribution in [0.1, 0.15) is 13.8 Å². The summed E-state index contributed by atoms with van der Waals surface area (Å²) in [5.41, 5.74) is -1.20. The molecular formula is C19H28N4O. The number of fused-ring (bicyclic) bond motifs is 1. The van der Waals surface area contributed by atoms with Crippen molar-refractivity contribution >= 4 is 6.03 Å². The number of nitrogens with zero attached hydrogens (tertiary/aromatic N) is 4. The molecule has 2 saturated heterocycles. The van der Waals surface area contributed by atoms with Crippen LogP contribution in [0.2, 0.25) is 0 Å². The van der Waals surface area contributed by atoms with Gasteiger partial charge in [-0.25, -0.2) is 4.79 Å². The summed E-state index contributed by atoms with van der Waals surface area (Å²) in [6.07, 6.45) is 7.18. The summed E-state index contributed by atoms with van der Waals surface area (Å²) in [6.45, 7) is 25.9. The highest BCUT2D eigenvalue weighted by Crippen LogP contribution is 2.53. The molecule has 0 spiro atoms. The normalized spacial score (nSPS) is 29.1. The molecule has 0 aliphatic carbocycles. The van der Waals surface area contributed by atoms with Gasteiger partial charge in [-0.1, -0.05) is 30.9 Å². The molecule has 5 nitrogen and oxygen atoms in total. The maximum absolute atomic E-state index is 13.1. The second-order valence-electron chi connectivity index (χ2n) is 6.34. The minimum atomic E-state index is -0.602. The van der Waals surface area contributed by atoms with E-state index in [1.807, 2.05) is 22.0 Å². The highest BCUT2D eigenvalue weighted by Gasteiger charge is 2.71. The average molecular weight is 328 g/mol. The molecule has 2 atom stereocenters. The van der Waals surface area contributed by atoms with Gasteiger partial charge >= 0.3 is 6.03 Å². The Hall–Kier alpha value is -2.43.